The first-order chi connectivity index (χ1) is 7.99. The van der Waals surface area contributed by atoms with Gasteiger partial charge in [-0.3, -0.25) is 19.6 Å². The third-order valence-electron chi connectivity index (χ3n) is 1.82. The number of aromatic amines is 3. The van der Waals surface area contributed by atoms with Crippen LogP contribution in [0.1, 0.15) is 0 Å². The average molecular weight is 257 g/mol. The van der Waals surface area contributed by atoms with E-state index in [2.05, 4.69) is 19.9 Å². The summed E-state index contributed by atoms with van der Waals surface area (Å²) < 4.78 is 25.5. The SMILES string of the molecule is O=c1[nH]cc(S(=O)(=O)Nc2ccn[nH]2)c(=O)[nH]1. The van der Waals surface area contributed by atoms with E-state index in [4.69, 9.17) is 0 Å². The number of H-pyrrole nitrogens is 3. The summed E-state index contributed by atoms with van der Waals surface area (Å²) in [6.07, 6.45) is 2.16. The largest absolute Gasteiger partial charge is 0.325 e. The van der Waals surface area contributed by atoms with Gasteiger partial charge in [0.1, 0.15) is 5.82 Å². The molecule has 9 nitrogen and oxygen atoms in total. The van der Waals surface area contributed by atoms with Crippen LogP contribution in [0.3, 0.4) is 0 Å². The fourth-order valence-electron chi connectivity index (χ4n) is 1.11. The number of nitrogens with one attached hydrogen (secondary N) is 4. The van der Waals surface area contributed by atoms with Crippen molar-refractivity contribution >= 4 is 15.8 Å². The van der Waals surface area contributed by atoms with Crippen LogP contribution in [-0.4, -0.2) is 28.6 Å². The van der Waals surface area contributed by atoms with Crippen molar-refractivity contribution < 1.29 is 8.42 Å². The lowest BCUT2D eigenvalue weighted by molar-refractivity contribution is 0.598. The first-order valence-electron chi connectivity index (χ1n) is 4.33. The number of sulfonamides is 1. The third-order valence-corrected chi connectivity index (χ3v) is 3.19. The van der Waals surface area contributed by atoms with Crippen molar-refractivity contribution in [2.75, 3.05) is 4.72 Å². The van der Waals surface area contributed by atoms with Gasteiger partial charge in [-0.1, -0.05) is 0 Å². The van der Waals surface area contributed by atoms with Crippen molar-refractivity contribution in [1.82, 2.24) is 20.2 Å². The van der Waals surface area contributed by atoms with Crippen molar-refractivity contribution in [3.63, 3.8) is 0 Å². The number of nitrogens with zero attached hydrogens (tertiary/aromatic N) is 1. The monoisotopic (exact) mass is 257 g/mol. The topological polar surface area (TPSA) is 141 Å². The van der Waals surface area contributed by atoms with E-state index in [9.17, 15) is 18.0 Å². The van der Waals surface area contributed by atoms with Crippen molar-refractivity contribution in [2.24, 2.45) is 0 Å². The highest BCUT2D eigenvalue weighted by Gasteiger charge is 2.19. The minimum Gasteiger partial charge on any atom is -0.313 e. The van der Waals surface area contributed by atoms with Gasteiger partial charge in [0.05, 0.1) is 6.20 Å². The van der Waals surface area contributed by atoms with Crippen LogP contribution in [0, 0.1) is 0 Å². The summed E-state index contributed by atoms with van der Waals surface area (Å²) in [4.78, 5) is 25.3. The normalized spacial score (nSPS) is 11.3. The van der Waals surface area contributed by atoms with Crippen LogP contribution in [0.5, 0.6) is 0 Å². The molecule has 0 spiro atoms. The Morgan fingerprint density at radius 2 is 2.06 bits per heavy atom. The highest BCUT2D eigenvalue weighted by molar-refractivity contribution is 7.92. The van der Waals surface area contributed by atoms with Crippen LogP contribution in [-0.2, 0) is 10.0 Å². The molecule has 0 aliphatic carbocycles. The van der Waals surface area contributed by atoms with Crippen LogP contribution in [0.4, 0.5) is 5.82 Å². The predicted molar refractivity (Wildman–Crippen MR) is 57.1 cm³/mol. The van der Waals surface area contributed by atoms with E-state index in [1.54, 1.807) is 0 Å². The summed E-state index contributed by atoms with van der Waals surface area (Å²) in [6, 6.07) is 1.37. The lowest BCUT2D eigenvalue weighted by Gasteiger charge is -2.03. The Kier molecular flexibility index (Phi) is 2.55. The fourth-order valence-corrected chi connectivity index (χ4v) is 2.13. The average Bonchev–Trinajstić information content (AvgIpc) is 2.68. The highest BCUT2D eigenvalue weighted by atomic mass is 32.2. The van der Waals surface area contributed by atoms with Gasteiger partial charge in [0.25, 0.3) is 15.6 Å². The predicted octanol–water partition coefficient (Wildman–Crippen LogP) is -1.41. The van der Waals surface area contributed by atoms with E-state index in [1.165, 1.54) is 12.3 Å². The summed E-state index contributed by atoms with van der Waals surface area (Å²) in [5, 5.41) is 5.91. The van der Waals surface area contributed by atoms with E-state index < -0.39 is 26.2 Å². The Hall–Kier alpha value is -2.36. The maximum absolute atomic E-state index is 11.7. The first kappa shape index (κ1) is 11.1. The summed E-state index contributed by atoms with van der Waals surface area (Å²) in [5.41, 5.74) is -1.78. The van der Waals surface area contributed by atoms with Gasteiger partial charge in [-0.15, -0.1) is 0 Å². The molecular formula is C7H7N5O4S. The molecule has 0 aliphatic heterocycles. The molecule has 0 fully saturated rings. The Labute approximate surface area is 94.0 Å². The number of hydrogen-bond acceptors (Lipinski definition) is 5. The van der Waals surface area contributed by atoms with Crippen LogP contribution >= 0.6 is 0 Å². The van der Waals surface area contributed by atoms with Crippen molar-refractivity contribution in [3.8, 4) is 0 Å². The molecule has 2 aromatic rings. The van der Waals surface area contributed by atoms with Crippen LogP contribution in [0.2, 0.25) is 0 Å². The lowest BCUT2D eigenvalue weighted by atomic mass is 10.7. The van der Waals surface area contributed by atoms with E-state index in [1.807, 2.05) is 4.98 Å². The van der Waals surface area contributed by atoms with Crippen molar-refractivity contribution in [2.45, 2.75) is 4.90 Å². The number of rotatable bonds is 3. The maximum Gasteiger partial charge on any atom is 0.325 e. The van der Waals surface area contributed by atoms with Gasteiger partial charge in [0.2, 0.25) is 0 Å². The standard InChI is InChI=1S/C7H7N5O4S/c13-6-4(3-8-7(14)10-6)17(15,16)12-5-1-2-9-11-5/h1-3H,(H2,9,11,12)(H2,8,10,13,14). The minimum absolute atomic E-state index is 0.107. The smallest absolute Gasteiger partial charge is 0.313 e. The lowest BCUT2D eigenvalue weighted by Crippen LogP contribution is -2.29. The molecule has 0 radical (unpaired) electrons. The summed E-state index contributed by atoms with van der Waals surface area (Å²) in [7, 11) is -4.07. The molecule has 10 heteroatoms. The molecule has 0 atom stereocenters. The molecule has 0 unspecified atom stereocenters. The number of hydrogen-bond donors (Lipinski definition) is 4. The molecule has 17 heavy (non-hydrogen) atoms. The summed E-state index contributed by atoms with van der Waals surface area (Å²) in [6.45, 7) is 0. The summed E-state index contributed by atoms with van der Waals surface area (Å²) >= 11 is 0. The van der Waals surface area contributed by atoms with Gasteiger partial charge >= 0.3 is 5.69 Å². The Balaban J connectivity index is 2.45. The van der Waals surface area contributed by atoms with Crippen LogP contribution < -0.4 is 16.0 Å². The Morgan fingerprint density at radius 1 is 1.29 bits per heavy atom. The molecule has 90 valence electrons. The number of aromatic nitrogens is 4. The second kappa shape index (κ2) is 3.90. The molecule has 2 heterocycles. The molecular weight excluding hydrogens is 250 g/mol. The van der Waals surface area contributed by atoms with Crippen LogP contribution in [0.25, 0.3) is 0 Å². The van der Waals surface area contributed by atoms with Gasteiger partial charge in [-0.25, -0.2) is 13.2 Å². The Morgan fingerprint density at radius 3 is 2.65 bits per heavy atom. The zero-order valence-corrected chi connectivity index (χ0v) is 9.04. The molecule has 2 rings (SSSR count). The highest BCUT2D eigenvalue weighted by Crippen LogP contribution is 2.07. The zero-order chi connectivity index (χ0) is 12.5. The van der Waals surface area contributed by atoms with Crippen molar-refractivity contribution in [3.05, 3.63) is 39.3 Å². The molecule has 0 saturated carbocycles. The van der Waals surface area contributed by atoms with Gasteiger partial charge in [0, 0.05) is 12.3 Å². The quantitative estimate of drug-likeness (QED) is 0.534. The molecule has 0 amide bonds. The second-order valence-electron chi connectivity index (χ2n) is 3.01. The molecule has 0 saturated heterocycles. The van der Waals surface area contributed by atoms with Gasteiger partial charge < -0.3 is 4.98 Å². The van der Waals surface area contributed by atoms with E-state index in [0.717, 1.165) is 6.20 Å². The zero-order valence-electron chi connectivity index (χ0n) is 8.22. The van der Waals surface area contributed by atoms with Crippen molar-refractivity contribution in [1.29, 1.82) is 0 Å². The van der Waals surface area contributed by atoms with E-state index >= 15 is 0 Å². The molecule has 4 N–H and O–H groups in total. The van der Waals surface area contributed by atoms with Gasteiger partial charge in [0.15, 0.2) is 4.90 Å². The third kappa shape index (κ3) is 2.25. The second-order valence-corrected chi connectivity index (χ2v) is 4.66. The molecule has 0 aromatic carbocycles. The Bertz CT molecular complexity index is 726. The summed E-state index contributed by atoms with van der Waals surface area (Å²) in [5.74, 6) is 0.107. The maximum atomic E-state index is 11.7. The van der Waals surface area contributed by atoms with E-state index in [0.29, 0.717) is 0 Å². The van der Waals surface area contributed by atoms with Crippen LogP contribution in [0.15, 0.2) is 32.9 Å². The van der Waals surface area contributed by atoms with Gasteiger partial charge in [-0.2, -0.15) is 5.10 Å². The molecule has 2 aromatic heterocycles. The first-order valence-corrected chi connectivity index (χ1v) is 5.81. The van der Waals surface area contributed by atoms with Gasteiger partial charge in [-0.05, 0) is 0 Å². The fraction of sp³-hybridized carbons (Fsp3) is 0. The van der Waals surface area contributed by atoms with E-state index in [-0.39, 0.29) is 5.82 Å². The number of anilines is 1. The minimum atomic E-state index is -4.07. The molecule has 0 aliphatic rings. The molecule has 0 bridgehead atoms.